The highest BCUT2D eigenvalue weighted by Gasteiger charge is 2.34. The topological polar surface area (TPSA) is 112 Å². The molecule has 2 atom stereocenters. The zero-order valence-corrected chi connectivity index (χ0v) is 12.7. The van der Waals surface area contributed by atoms with Crippen LogP contribution in [-0.2, 0) is 9.53 Å². The molecule has 122 valence electrons. The van der Waals surface area contributed by atoms with Gasteiger partial charge in [-0.2, -0.15) is 15.4 Å². The summed E-state index contributed by atoms with van der Waals surface area (Å²) in [6.07, 6.45) is 0. The van der Waals surface area contributed by atoms with E-state index >= 15 is 0 Å². The third-order valence-electron chi connectivity index (χ3n) is 3.96. The Morgan fingerprint density at radius 3 is 2.73 bits per heavy atom. The van der Waals surface area contributed by atoms with E-state index in [-0.39, 0.29) is 18.4 Å². The van der Waals surface area contributed by atoms with Crippen LogP contribution in [0.3, 0.4) is 0 Å². The van der Waals surface area contributed by atoms with E-state index in [0.717, 1.165) is 19.7 Å². The van der Waals surface area contributed by atoms with Crippen molar-refractivity contribution in [2.45, 2.75) is 13.0 Å². The van der Waals surface area contributed by atoms with Crippen molar-refractivity contribution in [3.8, 4) is 0 Å². The molecule has 0 spiro atoms. The second-order valence-corrected chi connectivity index (χ2v) is 5.57. The predicted molar refractivity (Wildman–Crippen MR) is 76.4 cm³/mol. The quantitative estimate of drug-likeness (QED) is 0.654. The lowest BCUT2D eigenvalue weighted by molar-refractivity contribution is -0.122. The summed E-state index contributed by atoms with van der Waals surface area (Å²) in [6.45, 7) is 5.36. The number of amides is 1. The number of carboxylic acid groups (broad SMARTS) is 1. The molecule has 2 N–H and O–H groups in total. The number of hydrogen-bond donors (Lipinski definition) is 2. The van der Waals surface area contributed by atoms with Gasteiger partial charge in [-0.1, -0.05) is 0 Å². The molecule has 0 unspecified atom stereocenters. The SMILES string of the molecule is Cc1n[nH]nc1C(=O)N1C[C@@H]2COC[C@H](C1)N(C)C2.O=CO. The number of rotatable bonds is 1. The first-order chi connectivity index (χ1) is 10.6. The van der Waals surface area contributed by atoms with E-state index in [9.17, 15) is 4.79 Å². The third-order valence-corrected chi connectivity index (χ3v) is 3.96. The number of carbonyl (C=O) groups is 2. The maximum atomic E-state index is 12.5. The molecule has 1 amide bonds. The average molecular weight is 311 g/mol. The molecule has 0 aromatic carbocycles. The van der Waals surface area contributed by atoms with Crippen molar-refractivity contribution in [1.29, 1.82) is 0 Å². The van der Waals surface area contributed by atoms with Crippen LogP contribution in [0.25, 0.3) is 0 Å². The zero-order chi connectivity index (χ0) is 16.1. The number of fused-ring (bicyclic) bond motifs is 3. The van der Waals surface area contributed by atoms with Gasteiger partial charge in [-0.05, 0) is 14.0 Å². The number of likely N-dealkylation sites (N-methyl/N-ethyl adjacent to an activating group) is 1. The molecule has 3 heterocycles. The Kier molecular flexibility index (Phi) is 5.45. The van der Waals surface area contributed by atoms with Gasteiger partial charge in [-0.3, -0.25) is 14.5 Å². The molecule has 9 nitrogen and oxygen atoms in total. The Morgan fingerprint density at radius 1 is 1.36 bits per heavy atom. The van der Waals surface area contributed by atoms with Crippen LogP contribution in [0.4, 0.5) is 0 Å². The van der Waals surface area contributed by atoms with Crippen molar-refractivity contribution < 1.29 is 19.4 Å². The number of carbonyl (C=O) groups excluding carboxylic acids is 1. The fraction of sp³-hybridized carbons (Fsp3) is 0.692. The highest BCUT2D eigenvalue weighted by atomic mass is 16.5. The Bertz CT molecular complexity index is 520. The van der Waals surface area contributed by atoms with Crippen LogP contribution in [0.1, 0.15) is 16.2 Å². The fourth-order valence-corrected chi connectivity index (χ4v) is 2.85. The minimum absolute atomic E-state index is 0.0292. The molecular weight excluding hydrogens is 290 g/mol. The van der Waals surface area contributed by atoms with Crippen LogP contribution in [0.15, 0.2) is 0 Å². The van der Waals surface area contributed by atoms with E-state index in [1.54, 1.807) is 6.92 Å². The lowest BCUT2D eigenvalue weighted by Gasteiger charge is -2.29. The molecule has 2 bridgehead atoms. The van der Waals surface area contributed by atoms with Crippen LogP contribution in [0, 0.1) is 12.8 Å². The number of H-pyrrole nitrogens is 1. The van der Waals surface area contributed by atoms with Crippen LogP contribution in [0.5, 0.6) is 0 Å². The Hall–Kier alpha value is -2.00. The van der Waals surface area contributed by atoms with E-state index in [4.69, 9.17) is 14.6 Å². The van der Waals surface area contributed by atoms with Crippen LogP contribution >= 0.6 is 0 Å². The van der Waals surface area contributed by atoms with Gasteiger partial charge in [0.25, 0.3) is 12.4 Å². The summed E-state index contributed by atoms with van der Waals surface area (Å²) < 4.78 is 5.66. The van der Waals surface area contributed by atoms with Crippen LogP contribution in [-0.4, -0.2) is 88.6 Å². The van der Waals surface area contributed by atoms with Crippen molar-refractivity contribution in [3.05, 3.63) is 11.4 Å². The first kappa shape index (κ1) is 16.4. The van der Waals surface area contributed by atoms with Gasteiger partial charge in [0.1, 0.15) is 0 Å². The lowest BCUT2D eigenvalue weighted by atomic mass is 10.1. The minimum Gasteiger partial charge on any atom is -0.483 e. The summed E-state index contributed by atoms with van der Waals surface area (Å²) in [5, 5.41) is 17.3. The maximum absolute atomic E-state index is 12.5. The molecule has 2 fully saturated rings. The predicted octanol–water partition coefficient (Wildman–Crippen LogP) is -0.783. The van der Waals surface area contributed by atoms with Gasteiger partial charge in [0.2, 0.25) is 0 Å². The number of aromatic nitrogens is 3. The van der Waals surface area contributed by atoms with E-state index in [0.29, 0.717) is 30.5 Å². The highest BCUT2D eigenvalue weighted by molar-refractivity contribution is 5.93. The van der Waals surface area contributed by atoms with Crippen molar-refractivity contribution in [2.24, 2.45) is 5.92 Å². The molecule has 0 radical (unpaired) electrons. The highest BCUT2D eigenvalue weighted by Crippen LogP contribution is 2.19. The van der Waals surface area contributed by atoms with Gasteiger partial charge >= 0.3 is 0 Å². The largest absolute Gasteiger partial charge is 0.483 e. The molecule has 2 aliphatic heterocycles. The van der Waals surface area contributed by atoms with Gasteiger partial charge in [-0.15, -0.1) is 0 Å². The van der Waals surface area contributed by atoms with Crippen molar-refractivity contribution >= 4 is 12.4 Å². The Labute approximate surface area is 128 Å². The summed E-state index contributed by atoms with van der Waals surface area (Å²) >= 11 is 0. The van der Waals surface area contributed by atoms with Crippen molar-refractivity contribution in [3.63, 3.8) is 0 Å². The second kappa shape index (κ2) is 7.32. The smallest absolute Gasteiger partial charge is 0.290 e. The minimum atomic E-state index is -0.250. The zero-order valence-electron chi connectivity index (χ0n) is 12.7. The van der Waals surface area contributed by atoms with Gasteiger partial charge in [0.05, 0.1) is 24.9 Å². The third kappa shape index (κ3) is 3.60. The van der Waals surface area contributed by atoms with Crippen LogP contribution in [0.2, 0.25) is 0 Å². The van der Waals surface area contributed by atoms with Gasteiger partial charge in [0.15, 0.2) is 5.69 Å². The summed E-state index contributed by atoms with van der Waals surface area (Å²) in [4.78, 5) is 25.1. The molecule has 2 aliphatic rings. The number of aromatic amines is 1. The number of ether oxygens (including phenoxy) is 1. The Morgan fingerprint density at radius 2 is 2.09 bits per heavy atom. The molecule has 0 aliphatic carbocycles. The molecule has 2 saturated heterocycles. The summed E-state index contributed by atoms with van der Waals surface area (Å²) in [7, 11) is 2.10. The van der Waals surface area contributed by atoms with Crippen molar-refractivity contribution in [2.75, 3.05) is 39.9 Å². The summed E-state index contributed by atoms with van der Waals surface area (Å²) in [5.41, 5.74) is 1.09. The van der Waals surface area contributed by atoms with Gasteiger partial charge in [0, 0.05) is 25.6 Å². The number of aryl methyl sites for hydroxylation is 1. The van der Waals surface area contributed by atoms with Crippen LogP contribution < -0.4 is 0 Å². The van der Waals surface area contributed by atoms with Gasteiger partial charge in [-0.25, -0.2) is 0 Å². The maximum Gasteiger partial charge on any atom is 0.290 e. The fourth-order valence-electron chi connectivity index (χ4n) is 2.85. The second-order valence-electron chi connectivity index (χ2n) is 5.57. The normalized spacial score (nSPS) is 24.9. The molecular formula is C13H21N5O4. The molecule has 9 heteroatoms. The van der Waals surface area contributed by atoms with E-state index in [1.807, 2.05) is 4.90 Å². The molecule has 0 saturated carbocycles. The van der Waals surface area contributed by atoms with E-state index < -0.39 is 0 Å². The first-order valence-electron chi connectivity index (χ1n) is 7.09. The van der Waals surface area contributed by atoms with Crippen molar-refractivity contribution in [1.82, 2.24) is 25.2 Å². The van der Waals surface area contributed by atoms with E-state index in [1.165, 1.54) is 0 Å². The molecule has 1 aromatic rings. The number of nitrogens with one attached hydrogen (secondary N) is 1. The standard InChI is InChI=1S/C12H19N5O2.CH2O2/c1-8-11(14-15-13-8)12(18)17-4-9-3-16(2)10(5-17)7-19-6-9;2-1-3/h9-10H,3-7H2,1-2H3,(H,13,14,15);1H,(H,2,3)/t9-,10+;/m1./s1. The number of hydrogen-bond acceptors (Lipinski definition) is 6. The van der Waals surface area contributed by atoms with Gasteiger partial charge < -0.3 is 14.7 Å². The number of nitrogens with zero attached hydrogens (tertiary/aromatic N) is 4. The average Bonchev–Trinajstić information content (AvgIpc) is 2.71. The molecule has 1 aromatic heterocycles. The summed E-state index contributed by atoms with van der Waals surface area (Å²) in [5.74, 6) is 0.340. The lowest BCUT2D eigenvalue weighted by Crippen LogP contribution is -2.45. The first-order valence-corrected chi connectivity index (χ1v) is 7.09. The monoisotopic (exact) mass is 311 g/mol. The molecule has 3 rings (SSSR count). The molecule has 22 heavy (non-hydrogen) atoms. The Balaban J connectivity index is 0.000000545. The summed E-state index contributed by atoms with van der Waals surface area (Å²) in [6, 6.07) is 0.267. The van der Waals surface area contributed by atoms with E-state index in [2.05, 4.69) is 27.4 Å².